The monoisotopic (exact) mass is 292 g/mol. The molecule has 2 N–H and O–H groups in total. The Balaban J connectivity index is 2.22. The van der Waals surface area contributed by atoms with Crippen LogP contribution in [0.15, 0.2) is 18.2 Å². The van der Waals surface area contributed by atoms with Crippen molar-refractivity contribution in [3.8, 4) is 11.5 Å². The van der Waals surface area contributed by atoms with Gasteiger partial charge in [0.2, 0.25) is 11.8 Å². The Morgan fingerprint density at radius 3 is 2.57 bits per heavy atom. The fourth-order valence-electron chi connectivity index (χ4n) is 2.46. The lowest BCUT2D eigenvalue weighted by atomic mass is 10.1. The molecule has 0 aromatic heterocycles. The lowest BCUT2D eigenvalue weighted by molar-refractivity contribution is -0.139. The van der Waals surface area contributed by atoms with E-state index in [-0.39, 0.29) is 30.7 Å². The Labute approximate surface area is 123 Å². The van der Waals surface area contributed by atoms with Gasteiger partial charge in [0.25, 0.3) is 0 Å². The highest BCUT2D eigenvalue weighted by atomic mass is 16.5. The minimum atomic E-state index is -0.520. The Morgan fingerprint density at radius 2 is 2.05 bits per heavy atom. The first-order valence-electron chi connectivity index (χ1n) is 6.79. The standard InChI is InChI=1S/C15H20N2O4/c1-9-6-14(18)17(15(9)19)8-12(16)11-7-10(20-2)4-5-13(11)21-3/h4-5,7,9,12H,6,8,16H2,1-3H3. The van der Waals surface area contributed by atoms with E-state index in [2.05, 4.69) is 0 Å². The van der Waals surface area contributed by atoms with Gasteiger partial charge < -0.3 is 15.2 Å². The van der Waals surface area contributed by atoms with Crippen molar-refractivity contribution in [1.82, 2.24) is 4.90 Å². The van der Waals surface area contributed by atoms with Crippen LogP contribution < -0.4 is 15.2 Å². The number of carbonyl (C=O) groups excluding carboxylic acids is 2. The summed E-state index contributed by atoms with van der Waals surface area (Å²) >= 11 is 0. The number of hydrogen-bond acceptors (Lipinski definition) is 5. The molecule has 0 radical (unpaired) electrons. The van der Waals surface area contributed by atoms with Crippen molar-refractivity contribution in [3.63, 3.8) is 0 Å². The molecule has 0 aliphatic carbocycles. The summed E-state index contributed by atoms with van der Waals surface area (Å²) in [6.07, 6.45) is 0.251. The molecule has 2 rings (SSSR count). The summed E-state index contributed by atoms with van der Waals surface area (Å²) in [5.74, 6) is 0.642. The van der Waals surface area contributed by atoms with Gasteiger partial charge in [-0.25, -0.2) is 0 Å². The Bertz CT molecular complexity index is 559. The van der Waals surface area contributed by atoms with E-state index >= 15 is 0 Å². The normalized spacial score (nSPS) is 19.8. The molecule has 114 valence electrons. The number of nitrogens with two attached hydrogens (primary N) is 1. The maximum Gasteiger partial charge on any atom is 0.232 e. The van der Waals surface area contributed by atoms with E-state index in [1.54, 1.807) is 39.3 Å². The van der Waals surface area contributed by atoms with Gasteiger partial charge in [-0.1, -0.05) is 6.92 Å². The number of imide groups is 1. The summed E-state index contributed by atoms with van der Waals surface area (Å²) in [4.78, 5) is 25.0. The van der Waals surface area contributed by atoms with Crippen molar-refractivity contribution in [3.05, 3.63) is 23.8 Å². The smallest absolute Gasteiger partial charge is 0.232 e. The van der Waals surface area contributed by atoms with Gasteiger partial charge in [0.05, 0.1) is 20.3 Å². The number of ether oxygens (including phenoxy) is 2. The van der Waals surface area contributed by atoms with Crippen LogP contribution in [-0.4, -0.2) is 37.5 Å². The van der Waals surface area contributed by atoms with Crippen LogP contribution in [0.1, 0.15) is 24.9 Å². The average Bonchev–Trinajstić information content (AvgIpc) is 2.72. The minimum Gasteiger partial charge on any atom is -0.497 e. The highest BCUT2D eigenvalue weighted by Crippen LogP contribution is 2.30. The van der Waals surface area contributed by atoms with Crippen LogP contribution in [0, 0.1) is 5.92 Å². The molecule has 1 aliphatic rings. The molecule has 1 aromatic rings. The largest absolute Gasteiger partial charge is 0.497 e. The van der Waals surface area contributed by atoms with E-state index in [1.165, 1.54) is 4.90 Å². The first kappa shape index (κ1) is 15.3. The van der Waals surface area contributed by atoms with Gasteiger partial charge in [-0.15, -0.1) is 0 Å². The molecule has 0 spiro atoms. The van der Waals surface area contributed by atoms with Gasteiger partial charge in [0, 0.05) is 24.4 Å². The molecule has 1 fully saturated rings. The van der Waals surface area contributed by atoms with Crippen molar-refractivity contribution in [2.24, 2.45) is 11.7 Å². The van der Waals surface area contributed by atoms with E-state index in [4.69, 9.17) is 15.2 Å². The molecule has 1 heterocycles. The maximum absolute atomic E-state index is 12.0. The molecule has 2 amide bonds. The molecule has 0 bridgehead atoms. The second kappa shape index (κ2) is 6.13. The zero-order valence-electron chi connectivity index (χ0n) is 12.5. The number of nitrogens with zero attached hydrogens (tertiary/aromatic N) is 1. The third kappa shape index (κ3) is 3.00. The van der Waals surface area contributed by atoms with E-state index in [0.717, 1.165) is 0 Å². The van der Waals surface area contributed by atoms with Crippen LogP contribution in [0.25, 0.3) is 0 Å². The van der Waals surface area contributed by atoms with Gasteiger partial charge in [-0.05, 0) is 18.2 Å². The Kier molecular flexibility index (Phi) is 4.47. The summed E-state index contributed by atoms with van der Waals surface area (Å²) in [6, 6.07) is 4.76. The van der Waals surface area contributed by atoms with E-state index < -0.39 is 6.04 Å². The molecule has 0 saturated carbocycles. The molecule has 6 heteroatoms. The number of hydrogen-bond donors (Lipinski definition) is 1. The van der Waals surface area contributed by atoms with E-state index in [0.29, 0.717) is 17.1 Å². The number of methoxy groups -OCH3 is 2. The summed E-state index contributed by atoms with van der Waals surface area (Å²) in [5, 5.41) is 0. The number of likely N-dealkylation sites (tertiary alicyclic amines) is 1. The molecule has 2 unspecified atom stereocenters. The summed E-state index contributed by atoms with van der Waals surface area (Å²) in [6.45, 7) is 1.89. The van der Waals surface area contributed by atoms with Crippen molar-refractivity contribution in [2.45, 2.75) is 19.4 Å². The van der Waals surface area contributed by atoms with Crippen molar-refractivity contribution in [1.29, 1.82) is 0 Å². The minimum absolute atomic E-state index is 0.144. The third-order valence-electron chi connectivity index (χ3n) is 3.69. The first-order valence-corrected chi connectivity index (χ1v) is 6.79. The first-order chi connectivity index (χ1) is 9.97. The molecule has 6 nitrogen and oxygen atoms in total. The predicted molar refractivity (Wildman–Crippen MR) is 77.0 cm³/mol. The third-order valence-corrected chi connectivity index (χ3v) is 3.69. The van der Waals surface area contributed by atoms with Crippen LogP contribution in [-0.2, 0) is 9.59 Å². The summed E-state index contributed by atoms with van der Waals surface area (Å²) < 4.78 is 10.5. The van der Waals surface area contributed by atoms with Crippen molar-refractivity contribution < 1.29 is 19.1 Å². The predicted octanol–water partition coefficient (Wildman–Crippen LogP) is 1.10. The van der Waals surface area contributed by atoms with Gasteiger partial charge >= 0.3 is 0 Å². The van der Waals surface area contributed by atoms with Crippen LogP contribution in [0.4, 0.5) is 0 Å². The SMILES string of the molecule is COc1ccc(OC)c(C(N)CN2C(=O)CC(C)C2=O)c1. The number of carbonyl (C=O) groups is 2. The zero-order chi connectivity index (χ0) is 15.6. The Hall–Kier alpha value is -2.08. The Morgan fingerprint density at radius 1 is 1.33 bits per heavy atom. The van der Waals surface area contributed by atoms with Crippen molar-refractivity contribution in [2.75, 3.05) is 20.8 Å². The van der Waals surface area contributed by atoms with Crippen molar-refractivity contribution >= 4 is 11.8 Å². The van der Waals surface area contributed by atoms with Gasteiger partial charge in [-0.2, -0.15) is 0 Å². The average molecular weight is 292 g/mol. The van der Waals surface area contributed by atoms with Crippen LogP contribution >= 0.6 is 0 Å². The highest BCUT2D eigenvalue weighted by molar-refractivity contribution is 6.03. The maximum atomic E-state index is 12.0. The molecule has 1 saturated heterocycles. The fraction of sp³-hybridized carbons (Fsp3) is 0.467. The molecule has 1 aromatic carbocycles. The second-order valence-electron chi connectivity index (χ2n) is 5.16. The van der Waals surface area contributed by atoms with Gasteiger partial charge in [-0.3, -0.25) is 14.5 Å². The number of benzene rings is 1. The van der Waals surface area contributed by atoms with Crippen LogP contribution in [0.3, 0.4) is 0 Å². The zero-order valence-corrected chi connectivity index (χ0v) is 12.5. The second-order valence-corrected chi connectivity index (χ2v) is 5.16. The lowest BCUT2D eigenvalue weighted by Gasteiger charge is -2.22. The lowest BCUT2D eigenvalue weighted by Crippen LogP contribution is -2.37. The number of rotatable bonds is 5. The molecular weight excluding hydrogens is 272 g/mol. The topological polar surface area (TPSA) is 81.9 Å². The van der Waals surface area contributed by atoms with Gasteiger partial charge in [0.15, 0.2) is 0 Å². The molecule has 21 heavy (non-hydrogen) atoms. The van der Waals surface area contributed by atoms with E-state index in [9.17, 15) is 9.59 Å². The van der Waals surface area contributed by atoms with Crippen LogP contribution in [0.2, 0.25) is 0 Å². The molecule has 2 atom stereocenters. The number of amides is 2. The molecular formula is C15H20N2O4. The molecule has 1 aliphatic heterocycles. The van der Waals surface area contributed by atoms with E-state index in [1.807, 2.05) is 0 Å². The van der Waals surface area contributed by atoms with Crippen LogP contribution in [0.5, 0.6) is 11.5 Å². The summed E-state index contributed by atoms with van der Waals surface area (Å²) in [5.41, 5.74) is 6.87. The quantitative estimate of drug-likeness (QED) is 0.822. The van der Waals surface area contributed by atoms with Gasteiger partial charge in [0.1, 0.15) is 11.5 Å². The summed E-state index contributed by atoms with van der Waals surface area (Å²) in [7, 11) is 3.11. The fourth-order valence-corrected chi connectivity index (χ4v) is 2.46. The highest BCUT2D eigenvalue weighted by Gasteiger charge is 2.36.